The molecule has 328 valence electrons. The average molecular weight is 861 g/mol. The summed E-state index contributed by atoms with van der Waals surface area (Å²) >= 11 is 0. The van der Waals surface area contributed by atoms with E-state index in [0.29, 0.717) is 0 Å². The Kier molecular flexibility index (Phi) is 9.11. The highest BCUT2D eigenvalue weighted by molar-refractivity contribution is 6.24. The predicted octanol–water partition coefficient (Wildman–Crippen LogP) is 17.0. The van der Waals surface area contributed by atoms with Crippen LogP contribution in [0.5, 0.6) is 0 Å². The van der Waals surface area contributed by atoms with Crippen molar-refractivity contribution in [2.24, 2.45) is 0 Å². The minimum atomic E-state index is 0.0231. The van der Waals surface area contributed by atoms with Crippen LogP contribution in [0.4, 0.5) is 0 Å². The van der Waals surface area contributed by atoms with Crippen LogP contribution in [0.3, 0.4) is 0 Å². The molecule has 11 rings (SSSR count). The number of hydrogen-bond donors (Lipinski definition) is 0. The van der Waals surface area contributed by atoms with Gasteiger partial charge in [-0.05, 0) is 127 Å². The summed E-state index contributed by atoms with van der Waals surface area (Å²) in [5.74, 6) is 0. The molecule has 0 unspecified atom stereocenters. The molecule has 0 N–H and O–H groups in total. The molecular weight excluding hydrogens is 801 g/mol. The van der Waals surface area contributed by atoms with E-state index in [1.54, 1.807) is 0 Å². The van der Waals surface area contributed by atoms with Gasteiger partial charge < -0.3 is 9.13 Å². The fourth-order valence-electron chi connectivity index (χ4n) is 10.2. The number of nitrogens with zero attached hydrogens (tertiary/aromatic N) is 4. The molecule has 0 amide bonds. The van der Waals surface area contributed by atoms with E-state index in [1.165, 1.54) is 65.9 Å². The summed E-state index contributed by atoms with van der Waals surface area (Å²) in [4.78, 5) is 10.9. The number of rotatable bonds is 3. The summed E-state index contributed by atoms with van der Waals surface area (Å²) < 4.78 is 4.90. The fraction of sp³-hybridized carbons (Fsp3) is 0.258. The van der Waals surface area contributed by atoms with Gasteiger partial charge in [0, 0.05) is 49.3 Å². The van der Waals surface area contributed by atoms with Crippen LogP contribution >= 0.6 is 0 Å². The van der Waals surface area contributed by atoms with Crippen LogP contribution in [0.15, 0.2) is 146 Å². The van der Waals surface area contributed by atoms with Gasteiger partial charge in [-0.3, -0.25) is 4.98 Å². The maximum atomic E-state index is 5.53. The molecule has 0 fully saturated rings. The van der Waals surface area contributed by atoms with E-state index >= 15 is 0 Å². The number of benzene rings is 8. The molecule has 3 heterocycles. The lowest BCUT2D eigenvalue weighted by Gasteiger charge is -2.19. The van der Waals surface area contributed by atoms with Crippen LogP contribution in [-0.4, -0.2) is 19.1 Å². The third kappa shape index (κ3) is 6.71. The first-order chi connectivity index (χ1) is 31.2. The van der Waals surface area contributed by atoms with Crippen LogP contribution in [0, 0.1) is 0 Å². The molecule has 0 aliphatic rings. The molecule has 0 aliphatic heterocycles. The average Bonchev–Trinajstić information content (AvgIpc) is 3.79. The second-order valence-electron chi connectivity index (χ2n) is 22.9. The lowest BCUT2D eigenvalue weighted by molar-refractivity contribution is 0.590. The van der Waals surface area contributed by atoms with E-state index < -0.39 is 0 Å². The highest BCUT2D eigenvalue weighted by Gasteiger charge is 2.24. The summed E-state index contributed by atoms with van der Waals surface area (Å²) in [6.07, 6.45) is 1.95. The fourth-order valence-corrected chi connectivity index (χ4v) is 10.2. The van der Waals surface area contributed by atoms with Crippen LogP contribution in [0.2, 0.25) is 0 Å². The first-order valence-corrected chi connectivity index (χ1v) is 23.6. The highest BCUT2D eigenvalue weighted by atomic mass is 15.0. The van der Waals surface area contributed by atoms with Gasteiger partial charge in [-0.25, -0.2) is 4.98 Å². The van der Waals surface area contributed by atoms with Crippen molar-refractivity contribution < 1.29 is 0 Å². The molecule has 0 aliphatic carbocycles. The third-order valence-electron chi connectivity index (χ3n) is 14.2. The Morgan fingerprint density at radius 2 is 0.697 bits per heavy atom. The van der Waals surface area contributed by atoms with Crippen molar-refractivity contribution in [2.75, 3.05) is 0 Å². The molecule has 4 nitrogen and oxygen atoms in total. The Balaban J connectivity index is 1.19. The monoisotopic (exact) mass is 860 g/mol. The van der Waals surface area contributed by atoms with Crippen LogP contribution in [0.1, 0.15) is 105 Å². The molecule has 11 aromatic rings. The van der Waals surface area contributed by atoms with Gasteiger partial charge in [-0.1, -0.05) is 150 Å². The lowest BCUT2D eigenvalue weighted by atomic mass is 9.85. The molecule has 0 spiro atoms. The molecule has 4 heteroatoms. The van der Waals surface area contributed by atoms with E-state index in [2.05, 4.69) is 232 Å². The standard InChI is InChI=1S/C62H60N4/c1-59(2,3)38-18-26-53-46(30-38)47-31-39(60(4,5)6)19-27-54(47)65(53)42-22-24-44-45-25-23-43(35-51(45)58-57(50(44)34-42)63-36-52(64-58)37-16-14-13-15-17-37)66-55-28-20-40(61(7,8)9)32-48(55)49-33-41(62(10,11)12)21-29-56(49)66/h13-36H,1-12H3. The molecule has 0 bridgehead atoms. The second-order valence-corrected chi connectivity index (χ2v) is 22.9. The maximum absolute atomic E-state index is 5.53. The predicted molar refractivity (Wildman–Crippen MR) is 283 cm³/mol. The SMILES string of the molecule is CC(C)(C)c1ccc2c(c1)c1cc(C(C)(C)C)ccc1n2-c1ccc2c3ccc(-n4c5ccc(C(C)(C)C)cc5c5cc(C(C)(C)C)ccc54)cc3c3nc(-c4ccccc4)cnc3c2c1. The van der Waals surface area contributed by atoms with Gasteiger partial charge >= 0.3 is 0 Å². The van der Waals surface area contributed by atoms with E-state index in [1.807, 2.05) is 6.20 Å². The van der Waals surface area contributed by atoms with E-state index in [9.17, 15) is 0 Å². The Hall–Kier alpha value is -6.78. The molecule has 8 aromatic carbocycles. The van der Waals surface area contributed by atoms with Gasteiger partial charge in [0.2, 0.25) is 0 Å². The summed E-state index contributed by atoms with van der Waals surface area (Å²) in [6, 6.07) is 52.6. The Morgan fingerprint density at radius 3 is 1.06 bits per heavy atom. The van der Waals surface area contributed by atoms with Crippen LogP contribution in [0.25, 0.3) is 98.8 Å². The van der Waals surface area contributed by atoms with Gasteiger partial charge in [0.1, 0.15) is 0 Å². The Morgan fingerprint density at radius 1 is 0.333 bits per heavy atom. The molecule has 0 saturated heterocycles. The topological polar surface area (TPSA) is 35.6 Å². The Labute approximate surface area is 388 Å². The summed E-state index contributed by atoms with van der Waals surface area (Å²) in [5, 5.41) is 9.60. The third-order valence-corrected chi connectivity index (χ3v) is 14.2. The smallest absolute Gasteiger partial charge is 0.0980 e. The Bertz CT molecular complexity index is 3630. The van der Waals surface area contributed by atoms with E-state index in [4.69, 9.17) is 9.97 Å². The summed E-state index contributed by atoms with van der Waals surface area (Å²) in [5.41, 5.74) is 16.1. The molecule has 0 atom stereocenters. The number of hydrogen-bond acceptors (Lipinski definition) is 2. The van der Waals surface area contributed by atoms with Crippen molar-refractivity contribution >= 4 is 76.2 Å². The zero-order chi connectivity index (χ0) is 46.2. The largest absolute Gasteiger partial charge is 0.309 e. The van der Waals surface area contributed by atoms with Crippen LogP contribution in [-0.2, 0) is 21.7 Å². The van der Waals surface area contributed by atoms with Crippen molar-refractivity contribution in [2.45, 2.75) is 105 Å². The first kappa shape index (κ1) is 41.9. The van der Waals surface area contributed by atoms with E-state index in [0.717, 1.165) is 55.2 Å². The zero-order valence-corrected chi connectivity index (χ0v) is 40.6. The minimum Gasteiger partial charge on any atom is -0.309 e. The molecule has 3 aromatic heterocycles. The zero-order valence-electron chi connectivity index (χ0n) is 40.6. The van der Waals surface area contributed by atoms with Gasteiger partial charge in [0.05, 0.1) is 45.0 Å². The van der Waals surface area contributed by atoms with Crippen molar-refractivity contribution in [3.8, 4) is 22.6 Å². The van der Waals surface area contributed by atoms with Crippen molar-refractivity contribution in [3.05, 3.63) is 168 Å². The number of fused-ring (bicyclic) bond motifs is 12. The second kappa shape index (κ2) is 14.4. The van der Waals surface area contributed by atoms with Gasteiger partial charge in [-0.2, -0.15) is 0 Å². The lowest BCUT2D eigenvalue weighted by Crippen LogP contribution is -2.10. The normalized spacial score (nSPS) is 13.2. The summed E-state index contributed by atoms with van der Waals surface area (Å²) in [7, 11) is 0. The van der Waals surface area contributed by atoms with Crippen molar-refractivity contribution in [3.63, 3.8) is 0 Å². The highest BCUT2D eigenvalue weighted by Crippen LogP contribution is 2.43. The quantitative estimate of drug-likeness (QED) is 0.166. The molecule has 66 heavy (non-hydrogen) atoms. The molecule has 0 radical (unpaired) electrons. The van der Waals surface area contributed by atoms with E-state index in [-0.39, 0.29) is 21.7 Å². The van der Waals surface area contributed by atoms with Crippen molar-refractivity contribution in [1.82, 2.24) is 19.1 Å². The van der Waals surface area contributed by atoms with Crippen LogP contribution < -0.4 is 0 Å². The van der Waals surface area contributed by atoms with Gasteiger partial charge in [0.15, 0.2) is 0 Å². The summed E-state index contributed by atoms with van der Waals surface area (Å²) in [6.45, 7) is 27.6. The molecule has 0 saturated carbocycles. The van der Waals surface area contributed by atoms with Gasteiger partial charge in [0.25, 0.3) is 0 Å². The van der Waals surface area contributed by atoms with Gasteiger partial charge in [-0.15, -0.1) is 0 Å². The maximum Gasteiger partial charge on any atom is 0.0980 e. The minimum absolute atomic E-state index is 0.0231. The van der Waals surface area contributed by atoms with Crippen molar-refractivity contribution in [1.29, 1.82) is 0 Å². The first-order valence-electron chi connectivity index (χ1n) is 23.6. The number of aromatic nitrogens is 4. The molecular formula is C62H60N4.